The van der Waals surface area contributed by atoms with Crippen LogP contribution in [0.5, 0.6) is 11.5 Å². The van der Waals surface area contributed by atoms with Crippen molar-refractivity contribution in [1.82, 2.24) is 5.32 Å². The Morgan fingerprint density at radius 1 is 1.08 bits per heavy atom. The highest BCUT2D eigenvalue weighted by molar-refractivity contribution is 6.34. The lowest BCUT2D eigenvalue weighted by Crippen LogP contribution is -2.24. The molecule has 0 radical (unpaired) electrons. The molecule has 0 fully saturated rings. The molecule has 6 nitrogen and oxygen atoms in total. The van der Waals surface area contributed by atoms with Gasteiger partial charge in [0.15, 0.2) is 6.61 Å². The molecule has 0 heterocycles. The molecule has 0 saturated heterocycles. The molecule has 138 valence electrons. The van der Waals surface area contributed by atoms with Gasteiger partial charge in [-0.3, -0.25) is 9.59 Å². The third kappa shape index (κ3) is 5.67. The van der Waals surface area contributed by atoms with E-state index in [1.54, 1.807) is 43.5 Å². The van der Waals surface area contributed by atoms with Gasteiger partial charge >= 0.3 is 0 Å². The maximum atomic E-state index is 12.0. The van der Waals surface area contributed by atoms with Gasteiger partial charge in [0.2, 0.25) is 0 Å². The zero-order chi connectivity index (χ0) is 18.9. The number of carbonyl (C=O) groups excluding carboxylic acids is 2. The van der Waals surface area contributed by atoms with Crippen LogP contribution < -0.4 is 20.1 Å². The molecule has 0 aliphatic rings. The van der Waals surface area contributed by atoms with Crippen LogP contribution in [0.2, 0.25) is 5.02 Å². The summed E-state index contributed by atoms with van der Waals surface area (Å²) >= 11 is 6.13. The van der Waals surface area contributed by atoms with E-state index < -0.39 is 0 Å². The van der Waals surface area contributed by atoms with E-state index in [2.05, 4.69) is 10.6 Å². The SMILES string of the molecule is CCCNC(=O)c1ccc(NC(=O)COc2ccc(OC)cc2)cc1Cl. The van der Waals surface area contributed by atoms with Crippen molar-refractivity contribution in [2.75, 3.05) is 25.6 Å². The Labute approximate surface area is 157 Å². The first-order valence-electron chi connectivity index (χ1n) is 8.18. The van der Waals surface area contributed by atoms with E-state index in [1.807, 2.05) is 6.92 Å². The summed E-state index contributed by atoms with van der Waals surface area (Å²) in [5.41, 5.74) is 0.859. The first kappa shape index (κ1) is 19.6. The largest absolute Gasteiger partial charge is 0.497 e. The molecule has 2 aromatic carbocycles. The Morgan fingerprint density at radius 2 is 1.77 bits per heavy atom. The summed E-state index contributed by atoms with van der Waals surface area (Å²) in [7, 11) is 1.58. The van der Waals surface area contributed by atoms with Gasteiger partial charge in [0, 0.05) is 12.2 Å². The van der Waals surface area contributed by atoms with E-state index in [1.165, 1.54) is 6.07 Å². The Bertz CT molecular complexity index is 763. The summed E-state index contributed by atoms with van der Waals surface area (Å²) in [6.07, 6.45) is 0.839. The van der Waals surface area contributed by atoms with E-state index in [4.69, 9.17) is 21.1 Å². The molecule has 0 atom stereocenters. The Morgan fingerprint density at radius 3 is 2.38 bits per heavy atom. The predicted octanol–water partition coefficient (Wildman–Crippen LogP) is 3.51. The van der Waals surface area contributed by atoms with Crippen LogP contribution in [0.3, 0.4) is 0 Å². The molecule has 0 aliphatic heterocycles. The van der Waals surface area contributed by atoms with E-state index in [9.17, 15) is 9.59 Å². The summed E-state index contributed by atoms with van der Waals surface area (Å²) in [5, 5.41) is 5.71. The lowest BCUT2D eigenvalue weighted by atomic mass is 10.2. The fourth-order valence-electron chi connectivity index (χ4n) is 2.13. The first-order valence-corrected chi connectivity index (χ1v) is 8.55. The summed E-state index contributed by atoms with van der Waals surface area (Å²) < 4.78 is 10.5. The van der Waals surface area contributed by atoms with Crippen molar-refractivity contribution in [3.8, 4) is 11.5 Å². The fourth-order valence-corrected chi connectivity index (χ4v) is 2.40. The van der Waals surface area contributed by atoms with Gasteiger partial charge in [-0.25, -0.2) is 0 Å². The zero-order valence-electron chi connectivity index (χ0n) is 14.7. The number of halogens is 1. The van der Waals surface area contributed by atoms with Gasteiger partial charge in [-0.2, -0.15) is 0 Å². The summed E-state index contributed by atoms with van der Waals surface area (Å²) in [5.74, 6) is 0.694. The van der Waals surface area contributed by atoms with Gasteiger partial charge in [0.05, 0.1) is 17.7 Å². The monoisotopic (exact) mass is 376 g/mol. The minimum Gasteiger partial charge on any atom is -0.497 e. The van der Waals surface area contributed by atoms with Crippen molar-refractivity contribution in [1.29, 1.82) is 0 Å². The second-order valence-electron chi connectivity index (χ2n) is 5.46. The molecule has 0 aromatic heterocycles. The van der Waals surface area contributed by atoms with Gasteiger partial charge in [0.25, 0.3) is 11.8 Å². The highest BCUT2D eigenvalue weighted by Crippen LogP contribution is 2.21. The van der Waals surface area contributed by atoms with Crippen LogP contribution in [-0.4, -0.2) is 32.1 Å². The number of nitrogens with one attached hydrogen (secondary N) is 2. The molecule has 2 aromatic rings. The van der Waals surface area contributed by atoms with Crippen molar-refractivity contribution < 1.29 is 19.1 Å². The molecular weight excluding hydrogens is 356 g/mol. The fraction of sp³-hybridized carbons (Fsp3) is 0.263. The average molecular weight is 377 g/mol. The van der Waals surface area contributed by atoms with Gasteiger partial charge in [0.1, 0.15) is 11.5 Å². The average Bonchev–Trinajstić information content (AvgIpc) is 2.65. The topological polar surface area (TPSA) is 76.7 Å². The predicted molar refractivity (Wildman–Crippen MR) is 101 cm³/mol. The van der Waals surface area contributed by atoms with Crippen LogP contribution >= 0.6 is 11.6 Å². The van der Waals surface area contributed by atoms with Crippen LogP contribution in [0.15, 0.2) is 42.5 Å². The number of anilines is 1. The van der Waals surface area contributed by atoms with E-state index >= 15 is 0 Å². The molecule has 2 amide bonds. The van der Waals surface area contributed by atoms with E-state index in [-0.39, 0.29) is 23.4 Å². The normalized spacial score (nSPS) is 10.1. The van der Waals surface area contributed by atoms with Gasteiger partial charge < -0.3 is 20.1 Å². The molecule has 0 unspecified atom stereocenters. The number of methoxy groups -OCH3 is 1. The zero-order valence-corrected chi connectivity index (χ0v) is 15.4. The standard InChI is InChI=1S/C19H21ClN2O4/c1-3-10-21-19(24)16-9-4-13(11-17(16)20)22-18(23)12-26-15-7-5-14(25-2)6-8-15/h4-9,11H,3,10,12H2,1-2H3,(H,21,24)(H,22,23). The highest BCUT2D eigenvalue weighted by atomic mass is 35.5. The Balaban J connectivity index is 1.89. The van der Waals surface area contributed by atoms with Crippen molar-refractivity contribution in [2.24, 2.45) is 0 Å². The number of carbonyl (C=O) groups is 2. The minimum absolute atomic E-state index is 0.150. The maximum absolute atomic E-state index is 12.0. The van der Waals surface area contributed by atoms with Crippen molar-refractivity contribution in [3.63, 3.8) is 0 Å². The van der Waals surface area contributed by atoms with Crippen LogP contribution in [0.1, 0.15) is 23.7 Å². The molecular formula is C19H21ClN2O4. The second-order valence-corrected chi connectivity index (χ2v) is 5.87. The lowest BCUT2D eigenvalue weighted by molar-refractivity contribution is -0.118. The first-order chi connectivity index (χ1) is 12.5. The van der Waals surface area contributed by atoms with Crippen molar-refractivity contribution >= 4 is 29.1 Å². The van der Waals surface area contributed by atoms with Crippen LogP contribution in [0.4, 0.5) is 5.69 Å². The molecule has 0 aliphatic carbocycles. The smallest absolute Gasteiger partial charge is 0.262 e. The molecule has 2 rings (SSSR count). The second kappa shape index (κ2) is 9.68. The number of amides is 2. The Hall–Kier alpha value is -2.73. The summed E-state index contributed by atoms with van der Waals surface area (Å²) in [6.45, 7) is 2.40. The maximum Gasteiger partial charge on any atom is 0.262 e. The van der Waals surface area contributed by atoms with Crippen molar-refractivity contribution in [2.45, 2.75) is 13.3 Å². The molecule has 26 heavy (non-hydrogen) atoms. The van der Waals surface area contributed by atoms with Crippen LogP contribution in [0, 0.1) is 0 Å². The minimum atomic E-state index is -0.333. The number of rotatable bonds is 8. The number of benzene rings is 2. The van der Waals surface area contributed by atoms with Gasteiger partial charge in [-0.1, -0.05) is 18.5 Å². The molecule has 7 heteroatoms. The molecule has 0 bridgehead atoms. The third-order valence-electron chi connectivity index (χ3n) is 3.46. The van der Waals surface area contributed by atoms with Crippen LogP contribution in [-0.2, 0) is 4.79 Å². The third-order valence-corrected chi connectivity index (χ3v) is 3.78. The van der Waals surface area contributed by atoms with Crippen molar-refractivity contribution in [3.05, 3.63) is 53.1 Å². The van der Waals surface area contributed by atoms with Gasteiger partial charge in [-0.15, -0.1) is 0 Å². The molecule has 0 spiro atoms. The van der Waals surface area contributed by atoms with Gasteiger partial charge in [-0.05, 0) is 48.9 Å². The number of hydrogen-bond acceptors (Lipinski definition) is 4. The molecule has 0 saturated carbocycles. The molecule has 2 N–H and O–H groups in total. The van der Waals surface area contributed by atoms with E-state index in [0.29, 0.717) is 29.3 Å². The van der Waals surface area contributed by atoms with E-state index in [0.717, 1.165) is 6.42 Å². The summed E-state index contributed by atoms with van der Waals surface area (Å²) in [4.78, 5) is 23.9. The lowest BCUT2D eigenvalue weighted by Gasteiger charge is -2.10. The number of hydrogen-bond donors (Lipinski definition) is 2. The summed E-state index contributed by atoms with van der Waals surface area (Å²) in [6, 6.07) is 11.7. The highest BCUT2D eigenvalue weighted by Gasteiger charge is 2.11. The quantitative estimate of drug-likeness (QED) is 0.739. The number of ether oxygens (including phenoxy) is 2. The van der Waals surface area contributed by atoms with Crippen LogP contribution in [0.25, 0.3) is 0 Å². The Kier molecular flexibility index (Phi) is 7.29.